The highest BCUT2D eigenvalue weighted by Gasteiger charge is 2.23. The van der Waals surface area contributed by atoms with E-state index in [0.717, 1.165) is 26.3 Å². The highest BCUT2D eigenvalue weighted by molar-refractivity contribution is 6.42. The molecule has 1 aromatic carbocycles. The third-order valence-electron chi connectivity index (χ3n) is 4.18. The predicted molar refractivity (Wildman–Crippen MR) is 85.7 cm³/mol. The molecule has 112 valence electrons. The van der Waals surface area contributed by atoms with Gasteiger partial charge in [0.15, 0.2) is 0 Å². The van der Waals surface area contributed by atoms with Crippen molar-refractivity contribution < 1.29 is 4.74 Å². The molecule has 1 aliphatic rings. The van der Waals surface area contributed by atoms with Crippen LogP contribution in [-0.2, 0) is 4.74 Å². The van der Waals surface area contributed by atoms with Gasteiger partial charge >= 0.3 is 0 Å². The molecule has 0 saturated carbocycles. The third kappa shape index (κ3) is 4.11. The monoisotopic (exact) mass is 315 g/mol. The Morgan fingerprint density at radius 3 is 2.55 bits per heavy atom. The van der Waals surface area contributed by atoms with Gasteiger partial charge in [-0.3, -0.25) is 4.90 Å². The van der Waals surface area contributed by atoms with Crippen LogP contribution in [0.15, 0.2) is 18.2 Å². The summed E-state index contributed by atoms with van der Waals surface area (Å²) in [5.41, 5.74) is 1.24. The Kier molecular flexibility index (Phi) is 6.16. The molecule has 0 spiro atoms. The molecular weight excluding hydrogens is 293 g/mol. The van der Waals surface area contributed by atoms with Gasteiger partial charge in [0.2, 0.25) is 0 Å². The minimum atomic E-state index is 0.387. The van der Waals surface area contributed by atoms with Crippen LogP contribution in [0.2, 0.25) is 10.0 Å². The zero-order valence-electron chi connectivity index (χ0n) is 12.2. The van der Waals surface area contributed by atoms with E-state index < -0.39 is 0 Å². The average molecular weight is 316 g/mol. The summed E-state index contributed by atoms with van der Waals surface area (Å²) in [6, 6.07) is 6.33. The lowest BCUT2D eigenvalue weighted by Gasteiger charge is -2.36. The molecule has 0 amide bonds. The van der Waals surface area contributed by atoms with Crippen LogP contribution in [0.4, 0.5) is 0 Å². The molecule has 1 unspecified atom stereocenters. The van der Waals surface area contributed by atoms with Gasteiger partial charge in [-0.2, -0.15) is 0 Å². The summed E-state index contributed by atoms with van der Waals surface area (Å²) in [4.78, 5) is 2.52. The van der Waals surface area contributed by atoms with Crippen molar-refractivity contribution in [3.8, 4) is 0 Å². The van der Waals surface area contributed by atoms with E-state index in [4.69, 9.17) is 27.9 Å². The van der Waals surface area contributed by atoms with Crippen LogP contribution in [0, 0.1) is 5.92 Å². The van der Waals surface area contributed by atoms with Gasteiger partial charge in [0, 0.05) is 19.3 Å². The first-order valence-corrected chi connectivity index (χ1v) is 8.14. The summed E-state index contributed by atoms with van der Waals surface area (Å²) in [6.45, 7) is 8.27. The topological polar surface area (TPSA) is 12.5 Å². The Morgan fingerprint density at radius 2 is 1.95 bits per heavy atom. The summed E-state index contributed by atoms with van der Waals surface area (Å²) < 4.78 is 5.53. The van der Waals surface area contributed by atoms with E-state index in [2.05, 4.69) is 24.8 Å². The molecule has 2 rings (SSSR count). The first kappa shape index (κ1) is 16.1. The molecule has 4 heteroatoms. The van der Waals surface area contributed by atoms with Crippen molar-refractivity contribution in [3.05, 3.63) is 33.8 Å². The standard InChI is InChI=1S/C16H23Cl2NO/c1-3-20-11-13-6-8-19(9-7-13)12(2)14-4-5-15(17)16(18)10-14/h4-5,10,12-13H,3,6-9,11H2,1-2H3. The van der Waals surface area contributed by atoms with Crippen molar-refractivity contribution in [1.29, 1.82) is 0 Å². The summed E-state index contributed by atoms with van der Waals surface area (Å²) in [6.07, 6.45) is 2.43. The van der Waals surface area contributed by atoms with Gasteiger partial charge in [0.05, 0.1) is 10.0 Å². The number of hydrogen-bond acceptors (Lipinski definition) is 2. The second kappa shape index (κ2) is 7.65. The zero-order chi connectivity index (χ0) is 14.5. The number of ether oxygens (including phenoxy) is 1. The van der Waals surface area contributed by atoms with Crippen LogP contribution >= 0.6 is 23.2 Å². The van der Waals surface area contributed by atoms with E-state index >= 15 is 0 Å². The molecule has 1 saturated heterocycles. The Bertz CT molecular complexity index is 430. The molecule has 0 bridgehead atoms. The lowest BCUT2D eigenvalue weighted by atomic mass is 9.95. The zero-order valence-corrected chi connectivity index (χ0v) is 13.8. The second-order valence-electron chi connectivity index (χ2n) is 5.49. The summed E-state index contributed by atoms with van der Waals surface area (Å²) in [5.74, 6) is 0.715. The van der Waals surface area contributed by atoms with Crippen molar-refractivity contribution >= 4 is 23.2 Å². The van der Waals surface area contributed by atoms with Crippen LogP contribution < -0.4 is 0 Å². The van der Waals surface area contributed by atoms with E-state index in [-0.39, 0.29) is 0 Å². The Morgan fingerprint density at radius 1 is 1.25 bits per heavy atom. The smallest absolute Gasteiger partial charge is 0.0595 e. The lowest BCUT2D eigenvalue weighted by Crippen LogP contribution is -2.36. The largest absolute Gasteiger partial charge is 0.381 e. The van der Waals surface area contributed by atoms with Crippen molar-refractivity contribution in [2.45, 2.75) is 32.7 Å². The maximum absolute atomic E-state index is 6.11. The van der Waals surface area contributed by atoms with E-state index in [0.29, 0.717) is 22.0 Å². The molecule has 1 atom stereocenters. The number of rotatable bonds is 5. The van der Waals surface area contributed by atoms with Crippen LogP contribution in [0.3, 0.4) is 0 Å². The summed E-state index contributed by atoms with van der Waals surface area (Å²) in [7, 11) is 0. The Labute approximate surface area is 132 Å². The van der Waals surface area contributed by atoms with Crippen LogP contribution in [0.1, 0.15) is 38.3 Å². The van der Waals surface area contributed by atoms with Gasteiger partial charge in [-0.25, -0.2) is 0 Å². The molecule has 1 aromatic rings. The molecule has 20 heavy (non-hydrogen) atoms. The molecule has 0 radical (unpaired) electrons. The molecule has 2 nitrogen and oxygen atoms in total. The van der Waals surface area contributed by atoms with E-state index in [1.54, 1.807) is 0 Å². The van der Waals surface area contributed by atoms with Gasteiger partial charge < -0.3 is 4.74 Å². The van der Waals surface area contributed by atoms with Gasteiger partial charge in [0.1, 0.15) is 0 Å². The van der Waals surface area contributed by atoms with Crippen molar-refractivity contribution in [1.82, 2.24) is 4.90 Å². The fourth-order valence-corrected chi connectivity index (χ4v) is 3.08. The predicted octanol–water partition coefficient (Wildman–Crippen LogP) is 4.80. The van der Waals surface area contributed by atoms with Crippen molar-refractivity contribution in [3.63, 3.8) is 0 Å². The number of nitrogens with zero attached hydrogens (tertiary/aromatic N) is 1. The molecule has 1 fully saturated rings. The van der Waals surface area contributed by atoms with Crippen molar-refractivity contribution in [2.75, 3.05) is 26.3 Å². The van der Waals surface area contributed by atoms with Gasteiger partial charge in [0.25, 0.3) is 0 Å². The molecular formula is C16H23Cl2NO. The Balaban J connectivity index is 1.91. The summed E-state index contributed by atoms with van der Waals surface area (Å²) >= 11 is 12.1. The van der Waals surface area contributed by atoms with Gasteiger partial charge in [-0.15, -0.1) is 0 Å². The Hall–Kier alpha value is -0.280. The van der Waals surface area contributed by atoms with Gasteiger partial charge in [-0.05, 0) is 63.4 Å². The third-order valence-corrected chi connectivity index (χ3v) is 4.92. The molecule has 0 aliphatic carbocycles. The second-order valence-corrected chi connectivity index (χ2v) is 6.30. The number of likely N-dealkylation sites (tertiary alicyclic amines) is 1. The van der Waals surface area contributed by atoms with Crippen LogP contribution in [-0.4, -0.2) is 31.2 Å². The number of piperidine rings is 1. The van der Waals surface area contributed by atoms with E-state index in [1.807, 2.05) is 12.1 Å². The number of halogens is 2. The molecule has 1 aliphatic heterocycles. The van der Waals surface area contributed by atoms with Crippen molar-refractivity contribution in [2.24, 2.45) is 5.92 Å². The minimum Gasteiger partial charge on any atom is -0.381 e. The minimum absolute atomic E-state index is 0.387. The molecule has 1 heterocycles. The van der Waals surface area contributed by atoms with Crippen LogP contribution in [0.25, 0.3) is 0 Å². The maximum Gasteiger partial charge on any atom is 0.0595 e. The van der Waals surface area contributed by atoms with E-state index in [9.17, 15) is 0 Å². The first-order valence-electron chi connectivity index (χ1n) is 7.38. The highest BCUT2D eigenvalue weighted by Crippen LogP contribution is 2.30. The molecule has 0 aromatic heterocycles. The SMILES string of the molecule is CCOCC1CCN(C(C)c2ccc(Cl)c(Cl)c2)CC1. The first-order chi connectivity index (χ1) is 9.61. The molecule has 0 N–H and O–H groups in total. The number of benzene rings is 1. The van der Waals surface area contributed by atoms with Gasteiger partial charge in [-0.1, -0.05) is 29.3 Å². The fourth-order valence-electron chi connectivity index (χ4n) is 2.77. The highest BCUT2D eigenvalue weighted by atomic mass is 35.5. The van der Waals surface area contributed by atoms with Crippen LogP contribution in [0.5, 0.6) is 0 Å². The fraction of sp³-hybridized carbons (Fsp3) is 0.625. The quantitative estimate of drug-likeness (QED) is 0.773. The lowest BCUT2D eigenvalue weighted by molar-refractivity contribution is 0.0633. The van der Waals surface area contributed by atoms with E-state index in [1.165, 1.54) is 18.4 Å². The maximum atomic E-state index is 6.11. The summed E-state index contributed by atoms with van der Waals surface area (Å²) in [5, 5.41) is 1.26. The number of hydrogen-bond donors (Lipinski definition) is 0. The average Bonchev–Trinajstić information content (AvgIpc) is 2.48. The normalized spacial score (nSPS) is 19.2.